The van der Waals surface area contributed by atoms with E-state index in [9.17, 15) is 15.3 Å². The monoisotopic (exact) mass is 640 g/mol. The first-order chi connectivity index (χ1) is 21.1. The SMILES string of the molecule is CC[C@@]1([C@@H]2O[C@@H]([C@H]3O[C@@](O)(CO)[C@H](C)C[C@@H]3C)C[C@@H]2C)CC[C@H]([C@]2(C)CC[C@]3(C[C@H](O)[C@@H](C)[C@@H]([C@@H](C)C/C=C(\C)OO)O3)O2)O1. The standard InChI is InChI=1S/C35H60O10/c1-9-33(31-22(4)17-27(40-31)30-21(3)16-23(5)35(38,19-36)43-30)13-12-28(41-33)32(8)14-15-34(45-32)18-26(37)25(7)29(42-34)20(2)10-11-24(6)44-39/h11,20-23,25-31,36-39H,9-10,12-19H2,1-8H3/b24-11+/t20-,21-,22-,23+,25+,26-,27+,28+,29+,30-,31+,32-,33-,34+,35-/m0/s1. The van der Waals surface area contributed by atoms with Crippen LogP contribution in [0, 0.1) is 29.6 Å². The Hall–Kier alpha value is -0.820. The van der Waals surface area contributed by atoms with Crippen LogP contribution in [0.15, 0.2) is 11.8 Å². The second-order valence-electron chi connectivity index (χ2n) is 15.7. The van der Waals surface area contributed by atoms with Gasteiger partial charge in [-0.3, -0.25) is 0 Å². The lowest BCUT2D eigenvalue weighted by atomic mass is 9.80. The molecule has 0 amide bonds. The van der Waals surface area contributed by atoms with Gasteiger partial charge in [-0.2, -0.15) is 0 Å². The average Bonchev–Trinajstić information content (AvgIpc) is 3.72. The lowest BCUT2D eigenvalue weighted by molar-refractivity contribution is -0.333. The highest BCUT2D eigenvalue weighted by atomic mass is 17.1. The normalized spacial score (nSPS) is 51.6. The van der Waals surface area contributed by atoms with E-state index >= 15 is 0 Å². The van der Waals surface area contributed by atoms with Crippen LogP contribution in [-0.4, -0.2) is 86.6 Å². The minimum atomic E-state index is -1.55. The van der Waals surface area contributed by atoms with Crippen LogP contribution in [0.25, 0.3) is 0 Å². The summed E-state index contributed by atoms with van der Waals surface area (Å²) < 4.78 is 33.8. The molecule has 45 heavy (non-hydrogen) atoms. The summed E-state index contributed by atoms with van der Waals surface area (Å²) in [7, 11) is 0. The zero-order chi connectivity index (χ0) is 32.9. The molecular formula is C35H60O10. The van der Waals surface area contributed by atoms with Gasteiger partial charge in [0, 0.05) is 24.7 Å². The Kier molecular flexibility index (Phi) is 10.4. The van der Waals surface area contributed by atoms with E-state index < -0.39 is 35.5 Å². The van der Waals surface area contributed by atoms with E-state index in [0.29, 0.717) is 25.0 Å². The van der Waals surface area contributed by atoms with Gasteiger partial charge in [-0.15, -0.1) is 0 Å². The summed E-state index contributed by atoms with van der Waals surface area (Å²) in [4.78, 5) is 4.34. The van der Waals surface area contributed by atoms with Crippen molar-refractivity contribution in [3.8, 4) is 0 Å². The molecule has 0 unspecified atom stereocenters. The van der Waals surface area contributed by atoms with Crippen LogP contribution in [0.3, 0.4) is 0 Å². The van der Waals surface area contributed by atoms with Crippen molar-refractivity contribution in [3.63, 3.8) is 0 Å². The van der Waals surface area contributed by atoms with E-state index in [2.05, 4.69) is 39.5 Å². The molecule has 0 bridgehead atoms. The summed E-state index contributed by atoms with van der Waals surface area (Å²) >= 11 is 0. The first-order valence-corrected chi connectivity index (χ1v) is 17.5. The fourth-order valence-electron chi connectivity index (χ4n) is 9.28. The molecule has 1 spiro atoms. The van der Waals surface area contributed by atoms with E-state index in [-0.39, 0.29) is 60.1 Å². The minimum Gasteiger partial charge on any atom is -0.393 e. The molecule has 0 aromatic rings. The molecule has 15 atom stereocenters. The topological polar surface area (TPSA) is 136 Å². The average molecular weight is 641 g/mol. The number of aliphatic hydroxyl groups excluding tert-OH is 2. The van der Waals surface area contributed by atoms with Crippen molar-refractivity contribution in [1.29, 1.82) is 0 Å². The van der Waals surface area contributed by atoms with Crippen molar-refractivity contribution in [2.24, 2.45) is 29.6 Å². The molecule has 5 aliphatic heterocycles. The highest BCUT2D eigenvalue weighted by molar-refractivity contribution is 5.08. The first-order valence-electron chi connectivity index (χ1n) is 17.5. The molecule has 10 nitrogen and oxygen atoms in total. The van der Waals surface area contributed by atoms with E-state index in [1.54, 1.807) is 6.92 Å². The van der Waals surface area contributed by atoms with Gasteiger partial charge in [0.05, 0.1) is 54.4 Å². The van der Waals surface area contributed by atoms with E-state index in [4.69, 9.17) is 28.9 Å². The number of rotatable bonds is 9. The zero-order valence-electron chi connectivity index (χ0n) is 28.7. The van der Waals surface area contributed by atoms with Gasteiger partial charge in [0.25, 0.3) is 0 Å². The minimum absolute atomic E-state index is 0.0540. The molecule has 4 N–H and O–H groups in total. The molecule has 0 saturated carbocycles. The van der Waals surface area contributed by atoms with E-state index in [0.717, 1.165) is 38.5 Å². The Labute approximate surface area is 269 Å². The van der Waals surface area contributed by atoms with E-state index in [1.165, 1.54) is 0 Å². The maximum Gasteiger partial charge on any atom is 0.192 e. The predicted octanol–water partition coefficient (Wildman–Crippen LogP) is 5.32. The highest BCUT2D eigenvalue weighted by Gasteiger charge is 2.62. The maximum absolute atomic E-state index is 11.2. The number of hydrogen-bond donors (Lipinski definition) is 4. The third-order valence-corrected chi connectivity index (χ3v) is 12.3. The predicted molar refractivity (Wildman–Crippen MR) is 167 cm³/mol. The van der Waals surface area contributed by atoms with Crippen molar-refractivity contribution < 1.29 is 49.1 Å². The van der Waals surface area contributed by atoms with Gasteiger partial charge in [-0.25, -0.2) is 5.26 Å². The van der Waals surface area contributed by atoms with Gasteiger partial charge in [-0.05, 0) is 82.6 Å². The molecule has 10 heteroatoms. The molecule has 0 aromatic carbocycles. The molecule has 0 aliphatic carbocycles. The fraction of sp³-hybridized carbons (Fsp3) is 0.943. The Balaban J connectivity index is 1.27. The molecule has 5 rings (SSSR count). The van der Waals surface area contributed by atoms with Crippen LogP contribution in [0.5, 0.6) is 0 Å². The van der Waals surface area contributed by atoms with Crippen LogP contribution in [0.1, 0.15) is 113 Å². The van der Waals surface area contributed by atoms with Crippen molar-refractivity contribution in [3.05, 3.63) is 11.8 Å². The van der Waals surface area contributed by atoms with Crippen molar-refractivity contribution >= 4 is 0 Å². The zero-order valence-corrected chi connectivity index (χ0v) is 28.7. The number of aliphatic hydroxyl groups is 3. The molecule has 5 saturated heterocycles. The van der Waals surface area contributed by atoms with Gasteiger partial charge in [-0.1, -0.05) is 41.5 Å². The molecule has 0 radical (unpaired) electrons. The Morgan fingerprint density at radius 1 is 1.04 bits per heavy atom. The quantitative estimate of drug-likeness (QED) is 0.149. The van der Waals surface area contributed by atoms with Gasteiger partial charge < -0.3 is 43.9 Å². The van der Waals surface area contributed by atoms with Crippen LogP contribution in [0.4, 0.5) is 0 Å². The third kappa shape index (κ3) is 6.62. The van der Waals surface area contributed by atoms with Crippen LogP contribution >= 0.6 is 0 Å². The second kappa shape index (κ2) is 13.2. The Bertz CT molecular complexity index is 1060. The van der Waals surface area contributed by atoms with Gasteiger partial charge in [0.15, 0.2) is 11.6 Å². The van der Waals surface area contributed by atoms with Gasteiger partial charge >= 0.3 is 0 Å². The first kappa shape index (κ1) is 35.5. The van der Waals surface area contributed by atoms with Gasteiger partial charge in [0.1, 0.15) is 5.76 Å². The molecule has 0 aromatic heterocycles. The molecular weight excluding hydrogens is 580 g/mol. The summed E-state index contributed by atoms with van der Waals surface area (Å²) in [5, 5.41) is 41.0. The Morgan fingerprint density at radius 2 is 1.78 bits per heavy atom. The molecule has 5 fully saturated rings. The summed E-state index contributed by atoms with van der Waals surface area (Å²) in [6.45, 7) is 16.0. The lowest BCUT2D eigenvalue weighted by Crippen LogP contribution is -2.56. The highest BCUT2D eigenvalue weighted by Crippen LogP contribution is 2.54. The summed E-state index contributed by atoms with van der Waals surface area (Å²) in [5.41, 5.74) is -1.03. The summed E-state index contributed by atoms with van der Waals surface area (Å²) in [6, 6.07) is 0. The molecule has 5 heterocycles. The molecule has 5 aliphatic rings. The number of ether oxygens (including phenoxy) is 5. The van der Waals surface area contributed by atoms with Crippen molar-refractivity contribution in [2.45, 2.75) is 173 Å². The number of hydrogen-bond acceptors (Lipinski definition) is 10. The largest absolute Gasteiger partial charge is 0.393 e. The smallest absolute Gasteiger partial charge is 0.192 e. The van der Waals surface area contributed by atoms with Crippen LogP contribution in [0.2, 0.25) is 0 Å². The maximum atomic E-state index is 11.2. The van der Waals surface area contributed by atoms with Crippen molar-refractivity contribution in [1.82, 2.24) is 0 Å². The molecule has 260 valence electrons. The fourth-order valence-corrected chi connectivity index (χ4v) is 9.28. The van der Waals surface area contributed by atoms with Crippen molar-refractivity contribution in [2.75, 3.05) is 6.61 Å². The number of allylic oxidation sites excluding steroid dienone is 2. The second-order valence-corrected chi connectivity index (χ2v) is 15.7. The lowest BCUT2D eigenvalue weighted by Gasteiger charge is -2.47. The van der Waals surface area contributed by atoms with E-state index in [1.807, 2.05) is 19.9 Å². The summed E-state index contributed by atoms with van der Waals surface area (Å²) in [6.07, 6.45) is 6.97. The summed E-state index contributed by atoms with van der Waals surface area (Å²) in [5.74, 6) is -1.66. The van der Waals surface area contributed by atoms with Crippen LogP contribution < -0.4 is 0 Å². The van der Waals surface area contributed by atoms with Gasteiger partial charge in [0.2, 0.25) is 0 Å². The van der Waals surface area contributed by atoms with Crippen LogP contribution in [-0.2, 0) is 28.6 Å². The Morgan fingerprint density at radius 3 is 2.44 bits per heavy atom. The third-order valence-electron chi connectivity index (χ3n) is 12.3.